The molecule has 0 aliphatic carbocycles. The van der Waals surface area contributed by atoms with Crippen molar-refractivity contribution < 1.29 is 9.90 Å². The minimum absolute atomic E-state index is 0.215. The van der Waals surface area contributed by atoms with Crippen LogP contribution in [0.2, 0.25) is 0 Å². The number of aliphatic carboxylic acids is 1. The molecule has 76 valence electrons. The van der Waals surface area contributed by atoms with E-state index in [1.54, 1.807) is 31.2 Å². The third kappa shape index (κ3) is 2.23. The van der Waals surface area contributed by atoms with Crippen LogP contribution in [0.3, 0.4) is 0 Å². The Bertz CT molecular complexity index is 321. The Kier molecular flexibility index (Phi) is 3.09. The van der Waals surface area contributed by atoms with Crippen molar-refractivity contribution in [3.05, 3.63) is 29.8 Å². The summed E-state index contributed by atoms with van der Waals surface area (Å²) in [7, 11) is 0. The van der Waals surface area contributed by atoms with Gasteiger partial charge < -0.3 is 16.6 Å². The van der Waals surface area contributed by atoms with Gasteiger partial charge >= 0.3 is 5.97 Å². The molecule has 1 aromatic carbocycles. The molecular formula is C10H14N2O2. The van der Waals surface area contributed by atoms with Crippen molar-refractivity contribution in [1.29, 1.82) is 0 Å². The van der Waals surface area contributed by atoms with Gasteiger partial charge in [0.15, 0.2) is 0 Å². The van der Waals surface area contributed by atoms with Crippen molar-refractivity contribution in [3.63, 3.8) is 0 Å². The van der Waals surface area contributed by atoms with Crippen molar-refractivity contribution in [2.75, 3.05) is 5.73 Å². The number of anilines is 1. The fourth-order valence-corrected chi connectivity index (χ4v) is 1.22. The van der Waals surface area contributed by atoms with Crippen LogP contribution in [0.15, 0.2) is 24.3 Å². The number of carboxylic acids is 1. The number of carboxylic acid groups (broad SMARTS) is 1. The van der Waals surface area contributed by atoms with Gasteiger partial charge in [0.25, 0.3) is 0 Å². The van der Waals surface area contributed by atoms with Crippen LogP contribution in [0.25, 0.3) is 0 Å². The summed E-state index contributed by atoms with van der Waals surface area (Å²) in [6.07, 6.45) is 0. The highest BCUT2D eigenvalue weighted by Crippen LogP contribution is 2.19. The average molecular weight is 194 g/mol. The molecular weight excluding hydrogens is 180 g/mol. The Balaban J connectivity index is 2.84. The Labute approximate surface area is 82.5 Å². The Hall–Kier alpha value is -1.55. The standard InChI is InChI=1S/C10H14N2O2/c1-6(9(12)10(13)14)7-2-4-8(11)5-3-7/h2-6,9H,11-12H2,1H3,(H,13,14). The van der Waals surface area contributed by atoms with Gasteiger partial charge in [-0.1, -0.05) is 19.1 Å². The van der Waals surface area contributed by atoms with E-state index in [0.717, 1.165) is 5.56 Å². The molecule has 2 unspecified atom stereocenters. The minimum Gasteiger partial charge on any atom is -0.480 e. The molecule has 0 amide bonds. The number of nitrogens with two attached hydrogens (primary N) is 2. The molecule has 0 saturated carbocycles. The summed E-state index contributed by atoms with van der Waals surface area (Å²) < 4.78 is 0. The Morgan fingerprint density at radius 1 is 1.36 bits per heavy atom. The SMILES string of the molecule is CC(c1ccc(N)cc1)C(N)C(=O)O. The highest BCUT2D eigenvalue weighted by molar-refractivity contribution is 5.74. The quantitative estimate of drug-likeness (QED) is 0.620. The highest BCUT2D eigenvalue weighted by Gasteiger charge is 2.20. The molecule has 0 aromatic heterocycles. The van der Waals surface area contributed by atoms with Gasteiger partial charge in [0.2, 0.25) is 0 Å². The van der Waals surface area contributed by atoms with E-state index in [9.17, 15) is 4.79 Å². The lowest BCUT2D eigenvalue weighted by Crippen LogP contribution is -2.35. The first-order chi connectivity index (χ1) is 6.52. The van der Waals surface area contributed by atoms with E-state index in [4.69, 9.17) is 16.6 Å². The first kappa shape index (κ1) is 10.5. The second-order valence-electron chi connectivity index (χ2n) is 3.32. The summed E-state index contributed by atoms with van der Waals surface area (Å²) in [6, 6.07) is 6.19. The van der Waals surface area contributed by atoms with Crippen LogP contribution in [0.4, 0.5) is 5.69 Å². The molecule has 0 heterocycles. The fraction of sp³-hybridized carbons (Fsp3) is 0.300. The summed E-state index contributed by atoms with van der Waals surface area (Å²) >= 11 is 0. The van der Waals surface area contributed by atoms with Crippen molar-refractivity contribution >= 4 is 11.7 Å². The van der Waals surface area contributed by atoms with E-state index in [1.807, 2.05) is 0 Å². The zero-order valence-electron chi connectivity index (χ0n) is 7.97. The van der Waals surface area contributed by atoms with Crippen molar-refractivity contribution in [1.82, 2.24) is 0 Å². The monoisotopic (exact) mass is 194 g/mol. The number of rotatable bonds is 3. The normalized spacial score (nSPS) is 14.7. The van der Waals surface area contributed by atoms with Gasteiger partial charge in [0, 0.05) is 11.6 Å². The summed E-state index contributed by atoms with van der Waals surface area (Å²) in [5.74, 6) is -1.21. The molecule has 0 aliphatic rings. The van der Waals surface area contributed by atoms with E-state index >= 15 is 0 Å². The van der Waals surface area contributed by atoms with E-state index in [1.165, 1.54) is 0 Å². The molecule has 0 radical (unpaired) electrons. The zero-order valence-corrected chi connectivity index (χ0v) is 7.97. The number of hydrogen-bond donors (Lipinski definition) is 3. The third-order valence-electron chi connectivity index (χ3n) is 2.29. The number of carbonyl (C=O) groups is 1. The first-order valence-electron chi connectivity index (χ1n) is 4.36. The van der Waals surface area contributed by atoms with Crippen molar-refractivity contribution in [2.24, 2.45) is 5.73 Å². The van der Waals surface area contributed by atoms with Gasteiger partial charge in [-0.15, -0.1) is 0 Å². The second-order valence-corrected chi connectivity index (χ2v) is 3.32. The topological polar surface area (TPSA) is 89.3 Å². The molecule has 1 aromatic rings. The molecule has 4 nitrogen and oxygen atoms in total. The van der Waals surface area contributed by atoms with Gasteiger partial charge in [0.1, 0.15) is 6.04 Å². The van der Waals surface area contributed by atoms with Crippen LogP contribution in [0.5, 0.6) is 0 Å². The minimum atomic E-state index is -0.991. The highest BCUT2D eigenvalue weighted by atomic mass is 16.4. The van der Waals surface area contributed by atoms with E-state index < -0.39 is 12.0 Å². The molecule has 2 atom stereocenters. The van der Waals surface area contributed by atoms with Crippen LogP contribution in [-0.2, 0) is 4.79 Å². The van der Waals surface area contributed by atoms with Crippen LogP contribution in [0.1, 0.15) is 18.4 Å². The molecule has 0 aliphatic heterocycles. The van der Waals surface area contributed by atoms with E-state index in [0.29, 0.717) is 5.69 Å². The lowest BCUT2D eigenvalue weighted by Gasteiger charge is -2.16. The lowest BCUT2D eigenvalue weighted by atomic mass is 9.94. The van der Waals surface area contributed by atoms with Crippen molar-refractivity contribution in [3.8, 4) is 0 Å². The summed E-state index contributed by atoms with van der Waals surface area (Å²) in [5, 5.41) is 8.72. The first-order valence-corrected chi connectivity index (χ1v) is 4.36. The maximum Gasteiger partial charge on any atom is 0.321 e. The van der Waals surface area contributed by atoms with Gasteiger partial charge in [0.05, 0.1) is 0 Å². The maximum atomic E-state index is 10.6. The summed E-state index contributed by atoms with van der Waals surface area (Å²) in [5.41, 5.74) is 12.6. The third-order valence-corrected chi connectivity index (χ3v) is 2.29. The molecule has 0 saturated heterocycles. The van der Waals surface area contributed by atoms with Crippen LogP contribution in [-0.4, -0.2) is 17.1 Å². The Morgan fingerprint density at radius 2 is 1.86 bits per heavy atom. The molecule has 4 heteroatoms. The lowest BCUT2D eigenvalue weighted by molar-refractivity contribution is -0.139. The fourth-order valence-electron chi connectivity index (χ4n) is 1.22. The molecule has 14 heavy (non-hydrogen) atoms. The summed E-state index contributed by atoms with van der Waals surface area (Å²) in [4.78, 5) is 10.6. The Morgan fingerprint density at radius 3 is 2.29 bits per heavy atom. The number of hydrogen-bond acceptors (Lipinski definition) is 3. The van der Waals surface area contributed by atoms with Gasteiger partial charge in [-0.05, 0) is 17.7 Å². The van der Waals surface area contributed by atoms with E-state index in [-0.39, 0.29) is 5.92 Å². The van der Waals surface area contributed by atoms with Crippen LogP contribution < -0.4 is 11.5 Å². The van der Waals surface area contributed by atoms with Crippen LogP contribution in [0, 0.1) is 0 Å². The van der Waals surface area contributed by atoms with Gasteiger partial charge in [-0.2, -0.15) is 0 Å². The predicted octanol–water partition coefficient (Wildman–Crippen LogP) is 0.784. The maximum absolute atomic E-state index is 10.6. The van der Waals surface area contributed by atoms with Gasteiger partial charge in [-0.3, -0.25) is 4.79 Å². The molecule has 5 N–H and O–H groups in total. The number of benzene rings is 1. The second kappa shape index (κ2) is 4.11. The predicted molar refractivity (Wildman–Crippen MR) is 54.9 cm³/mol. The molecule has 0 spiro atoms. The van der Waals surface area contributed by atoms with Crippen molar-refractivity contribution in [2.45, 2.75) is 18.9 Å². The summed E-state index contributed by atoms with van der Waals surface area (Å²) in [6.45, 7) is 1.78. The smallest absolute Gasteiger partial charge is 0.321 e. The zero-order chi connectivity index (χ0) is 10.7. The molecule has 0 bridgehead atoms. The van der Waals surface area contributed by atoms with E-state index in [2.05, 4.69) is 0 Å². The average Bonchev–Trinajstić information content (AvgIpc) is 2.16. The molecule has 1 rings (SSSR count). The van der Waals surface area contributed by atoms with Gasteiger partial charge in [-0.25, -0.2) is 0 Å². The number of nitrogen functional groups attached to an aromatic ring is 1. The largest absolute Gasteiger partial charge is 0.480 e. The van der Waals surface area contributed by atoms with Crippen LogP contribution >= 0.6 is 0 Å². The molecule has 0 fully saturated rings.